The smallest absolute Gasteiger partial charge is 0.178 e. The lowest BCUT2D eigenvalue weighted by atomic mass is 10.1. The van der Waals surface area contributed by atoms with Crippen molar-refractivity contribution >= 4 is 11.3 Å². The topological polar surface area (TPSA) is 56.2 Å². The Kier molecular flexibility index (Phi) is 2.34. The zero-order chi connectivity index (χ0) is 11.0. The van der Waals surface area contributed by atoms with Crippen LogP contribution in [-0.2, 0) is 6.42 Å². The van der Waals surface area contributed by atoms with Crippen LogP contribution >= 0.6 is 0 Å². The molecule has 2 aromatic rings. The monoisotopic (exact) mass is 204 g/mol. The second-order valence-electron chi connectivity index (χ2n) is 4.36. The molecule has 4 heteroatoms. The van der Waals surface area contributed by atoms with Gasteiger partial charge in [-0.2, -0.15) is 5.10 Å². The van der Waals surface area contributed by atoms with Crippen LogP contribution in [0.4, 0.5) is 5.69 Å². The van der Waals surface area contributed by atoms with E-state index in [0.717, 1.165) is 23.3 Å². The second kappa shape index (κ2) is 3.53. The zero-order valence-corrected chi connectivity index (χ0v) is 9.36. The van der Waals surface area contributed by atoms with Gasteiger partial charge in [0.1, 0.15) is 5.69 Å². The van der Waals surface area contributed by atoms with Crippen molar-refractivity contribution < 1.29 is 0 Å². The summed E-state index contributed by atoms with van der Waals surface area (Å²) in [7, 11) is 0. The van der Waals surface area contributed by atoms with Gasteiger partial charge in [0.25, 0.3) is 0 Å². The van der Waals surface area contributed by atoms with E-state index >= 15 is 0 Å². The van der Waals surface area contributed by atoms with Gasteiger partial charge in [0, 0.05) is 12.4 Å². The summed E-state index contributed by atoms with van der Waals surface area (Å²) in [4.78, 5) is 4.28. The van der Waals surface area contributed by atoms with Crippen LogP contribution in [0.25, 0.3) is 5.65 Å². The lowest BCUT2D eigenvalue weighted by Crippen LogP contribution is -1.98. The molecular formula is C11H16N4. The lowest BCUT2D eigenvalue weighted by molar-refractivity contribution is 0.631. The van der Waals surface area contributed by atoms with E-state index in [9.17, 15) is 0 Å². The Hall–Kier alpha value is -1.58. The summed E-state index contributed by atoms with van der Waals surface area (Å²) in [5.74, 6) is 0.554. The molecule has 4 nitrogen and oxygen atoms in total. The van der Waals surface area contributed by atoms with Gasteiger partial charge in [0.2, 0.25) is 0 Å². The van der Waals surface area contributed by atoms with E-state index in [0.29, 0.717) is 11.6 Å². The SMILES string of the molecule is Cc1cnc2c(N)c(CC(C)C)nn2c1. The van der Waals surface area contributed by atoms with Crippen molar-refractivity contribution in [1.82, 2.24) is 14.6 Å². The van der Waals surface area contributed by atoms with Crippen LogP contribution in [0.5, 0.6) is 0 Å². The fourth-order valence-electron chi connectivity index (χ4n) is 1.63. The number of hydrogen-bond donors (Lipinski definition) is 1. The molecule has 0 fully saturated rings. The molecule has 2 heterocycles. The Bertz CT molecular complexity index is 485. The number of hydrogen-bond acceptors (Lipinski definition) is 3. The molecule has 0 saturated heterocycles. The summed E-state index contributed by atoms with van der Waals surface area (Å²) in [5, 5.41) is 4.44. The molecular weight excluding hydrogens is 188 g/mol. The number of nitrogens with two attached hydrogens (primary N) is 1. The second-order valence-corrected chi connectivity index (χ2v) is 4.36. The van der Waals surface area contributed by atoms with Gasteiger partial charge in [-0.3, -0.25) is 0 Å². The fraction of sp³-hybridized carbons (Fsp3) is 0.455. The molecule has 0 unspecified atom stereocenters. The number of anilines is 1. The van der Waals surface area contributed by atoms with Crippen LogP contribution in [-0.4, -0.2) is 14.6 Å². The molecule has 0 atom stereocenters. The van der Waals surface area contributed by atoms with Crippen molar-refractivity contribution in [2.45, 2.75) is 27.2 Å². The molecule has 80 valence electrons. The van der Waals surface area contributed by atoms with Crippen molar-refractivity contribution in [3.8, 4) is 0 Å². The molecule has 0 aromatic carbocycles. The standard InChI is InChI=1S/C11H16N4/c1-7(2)4-9-10(12)11-13-5-8(3)6-15(11)14-9/h5-7H,4,12H2,1-3H3. The number of rotatable bonds is 2. The lowest BCUT2D eigenvalue weighted by Gasteiger charge is -2.00. The highest BCUT2D eigenvalue weighted by Gasteiger charge is 2.11. The van der Waals surface area contributed by atoms with E-state index in [-0.39, 0.29) is 0 Å². The zero-order valence-electron chi connectivity index (χ0n) is 9.36. The van der Waals surface area contributed by atoms with Gasteiger partial charge in [-0.1, -0.05) is 13.8 Å². The largest absolute Gasteiger partial charge is 0.394 e. The van der Waals surface area contributed by atoms with Gasteiger partial charge in [-0.25, -0.2) is 9.50 Å². The fourth-order valence-corrected chi connectivity index (χ4v) is 1.63. The molecule has 0 aliphatic heterocycles. The summed E-state index contributed by atoms with van der Waals surface area (Å²) in [6.07, 6.45) is 4.66. The molecule has 2 N–H and O–H groups in total. The Morgan fingerprint density at radius 2 is 2.20 bits per heavy atom. The first-order valence-corrected chi connectivity index (χ1v) is 5.17. The van der Waals surface area contributed by atoms with E-state index < -0.39 is 0 Å². The average Bonchev–Trinajstić information content (AvgIpc) is 2.42. The maximum atomic E-state index is 5.99. The van der Waals surface area contributed by atoms with Gasteiger partial charge < -0.3 is 5.73 Å². The molecule has 15 heavy (non-hydrogen) atoms. The normalized spacial score (nSPS) is 11.5. The van der Waals surface area contributed by atoms with Gasteiger partial charge in [0.15, 0.2) is 5.65 Å². The first-order valence-electron chi connectivity index (χ1n) is 5.17. The predicted octanol–water partition coefficient (Wildman–Crippen LogP) is 1.82. The van der Waals surface area contributed by atoms with Crippen LogP contribution in [0.15, 0.2) is 12.4 Å². The summed E-state index contributed by atoms with van der Waals surface area (Å²) in [5.41, 5.74) is 9.50. The van der Waals surface area contributed by atoms with E-state index in [2.05, 4.69) is 23.9 Å². The quantitative estimate of drug-likeness (QED) is 0.811. The molecule has 0 amide bonds. The first kappa shape index (κ1) is 9.96. The van der Waals surface area contributed by atoms with Crippen LogP contribution in [0.3, 0.4) is 0 Å². The van der Waals surface area contributed by atoms with Gasteiger partial charge >= 0.3 is 0 Å². The Balaban J connectivity index is 2.54. The van der Waals surface area contributed by atoms with Gasteiger partial charge in [-0.15, -0.1) is 0 Å². The Labute approximate surface area is 89.1 Å². The molecule has 0 radical (unpaired) electrons. The Morgan fingerprint density at radius 3 is 2.87 bits per heavy atom. The maximum absolute atomic E-state index is 5.99. The third kappa shape index (κ3) is 1.79. The predicted molar refractivity (Wildman–Crippen MR) is 60.7 cm³/mol. The third-order valence-corrected chi connectivity index (χ3v) is 2.32. The molecule has 0 saturated carbocycles. The van der Waals surface area contributed by atoms with Crippen molar-refractivity contribution in [3.63, 3.8) is 0 Å². The molecule has 0 spiro atoms. The summed E-state index contributed by atoms with van der Waals surface area (Å²) >= 11 is 0. The van der Waals surface area contributed by atoms with E-state index in [1.54, 1.807) is 4.52 Å². The highest BCUT2D eigenvalue weighted by atomic mass is 15.3. The van der Waals surface area contributed by atoms with Crippen LogP contribution in [0.2, 0.25) is 0 Å². The van der Waals surface area contributed by atoms with Gasteiger partial charge in [0.05, 0.1) is 5.69 Å². The van der Waals surface area contributed by atoms with Crippen LogP contribution in [0, 0.1) is 12.8 Å². The van der Waals surface area contributed by atoms with Crippen LogP contribution in [0.1, 0.15) is 25.1 Å². The van der Waals surface area contributed by atoms with Crippen molar-refractivity contribution in [2.24, 2.45) is 5.92 Å². The molecule has 0 aliphatic rings. The highest BCUT2D eigenvalue weighted by molar-refractivity contribution is 5.67. The minimum absolute atomic E-state index is 0.554. The number of aromatic nitrogens is 3. The van der Waals surface area contributed by atoms with E-state index in [4.69, 9.17) is 5.73 Å². The maximum Gasteiger partial charge on any atom is 0.178 e. The van der Waals surface area contributed by atoms with E-state index in [1.807, 2.05) is 19.3 Å². The van der Waals surface area contributed by atoms with Crippen molar-refractivity contribution in [1.29, 1.82) is 0 Å². The first-order chi connectivity index (χ1) is 7.08. The van der Waals surface area contributed by atoms with E-state index in [1.165, 1.54) is 0 Å². The number of aryl methyl sites for hydroxylation is 1. The van der Waals surface area contributed by atoms with Crippen molar-refractivity contribution in [2.75, 3.05) is 5.73 Å². The number of nitrogens with zero attached hydrogens (tertiary/aromatic N) is 3. The molecule has 2 aromatic heterocycles. The van der Waals surface area contributed by atoms with Gasteiger partial charge in [-0.05, 0) is 24.8 Å². The molecule has 2 rings (SSSR count). The third-order valence-electron chi connectivity index (χ3n) is 2.32. The summed E-state index contributed by atoms with van der Waals surface area (Å²) < 4.78 is 1.77. The minimum atomic E-state index is 0.554. The highest BCUT2D eigenvalue weighted by Crippen LogP contribution is 2.19. The molecule has 0 aliphatic carbocycles. The molecule has 0 bridgehead atoms. The average molecular weight is 204 g/mol. The minimum Gasteiger partial charge on any atom is -0.394 e. The Morgan fingerprint density at radius 1 is 1.47 bits per heavy atom. The number of fused-ring (bicyclic) bond motifs is 1. The summed E-state index contributed by atoms with van der Waals surface area (Å²) in [6, 6.07) is 0. The summed E-state index contributed by atoms with van der Waals surface area (Å²) in [6.45, 7) is 6.30. The van der Waals surface area contributed by atoms with Crippen LogP contribution < -0.4 is 5.73 Å². The van der Waals surface area contributed by atoms with Crippen molar-refractivity contribution in [3.05, 3.63) is 23.7 Å². The number of nitrogen functional groups attached to an aromatic ring is 1.